The van der Waals surface area contributed by atoms with E-state index in [9.17, 15) is 4.79 Å². The minimum Gasteiger partial charge on any atom is -0.383 e. The lowest BCUT2D eigenvalue weighted by Gasteiger charge is -2.11. The summed E-state index contributed by atoms with van der Waals surface area (Å²) in [4.78, 5) is 18.4. The number of aromatic nitrogens is 1. The zero-order chi connectivity index (χ0) is 27.6. The lowest BCUT2D eigenvalue weighted by molar-refractivity contribution is -0.00985. The van der Waals surface area contributed by atoms with Crippen LogP contribution in [0.15, 0.2) is 18.2 Å². The quantitative estimate of drug-likeness (QED) is 0.199. The number of thiazole rings is 1. The van der Waals surface area contributed by atoms with Crippen LogP contribution < -0.4 is 16.4 Å². The van der Waals surface area contributed by atoms with Gasteiger partial charge in [0.25, 0.3) is 5.91 Å². The van der Waals surface area contributed by atoms with E-state index >= 15 is 0 Å². The smallest absolute Gasteiger partial charge is 0.257 e. The molecule has 0 saturated carbocycles. The van der Waals surface area contributed by atoms with E-state index in [1.165, 1.54) is 11.3 Å². The normalized spacial score (nSPS) is 11.3. The van der Waals surface area contributed by atoms with Crippen LogP contribution in [0.4, 0.5) is 10.8 Å². The van der Waals surface area contributed by atoms with Crippen LogP contribution in [0, 0.1) is 13.8 Å². The van der Waals surface area contributed by atoms with E-state index in [0.29, 0.717) is 95.8 Å². The molecule has 0 atom stereocenters. The summed E-state index contributed by atoms with van der Waals surface area (Å²) in [5.74, 6) is 0.180. The van der Waals surface area contributed by atoms with Gasteiger partial charge in [-0.15, -0.1) is 11.3 Å². The maximum atomic E-state index is 12.7. The van der Waals surface area contributed by atoms with Crippen LogP contribution in [0.3, 0.4) is 0 Å². The number of hydrogen-bond acceptors (Lipinski definition) is 10. The minimum atomic E-state index is -0.149. The second kappa shape index (κ2) is 19.0. The number of anilines is 2. The molecule has 0 spiro atoms. The molecule has 0 aliphatic carbocycles. The molecule has 0 fully saturated rings. The van der Waals surface area contributed by atoms with Crippen LogP contribution >= 0.6 is 11.3 Å². The predicted molar refractivity (Wildman–Crippen MR) is 152 cm³/mol. The number of hydrogen-bond donors (Lipinski definition) is 3. The van der Waals surface area contributed by atoms with Gasteiger partial charge < -0.3 is 34.7 Å². The van der Waals surface area contributed by atoms with E-state index in [1.54, 1.807) is 0 Å². The summed E-state index contributed by atoms with van der Waals surface area (Å²) in [6, 6.07) is 5.70. The molecule has 10 nitrogen and oxygen atoms in total. The SMILES string of the molecule is Cc1cc(NCCOCCOCCOCCOCCOCCN)ccc1C(=O)Nc1nc(C(C)C)c(C)s1. The molecule has 11 heteroatoms. The van der Waals surface area contributed by atoms with E-state index < -0.39 is 0 Å². The van der Waals surface area contributed by atoms with Crippen molar-refractivity contribution in [3.05, 3.63) is 39.9 Å². The fraction of sp³-hybridized carbons (Fsp3) is 0.630. The molecule has 0 bridgehead atoms. The zero-order valence-electron chi connectivity index (χ0n) is 23.2. The minimum absolute atomic E-state index is 0.149. The van der Waals surface area contributed by atoms with Gasteiger partial charge in [0.1, 0.15) is 0 Å². The topological polar surface area (TPSA) is 126 Å². The third kappa shape index (κ3) is 12.6. The van der Waals surface area contributed by atoms with Crippen LogP contribution in [0.5, 0.6) is 0 Å². The van der Waals surface area contributed by atoms with Gasteiger partial charge in [0.15, 0.2) is 5.13 Å². The van der Waals surface area contributed by atoms with Crippen molar-refractivity contribution in [3.8, 4) is 0 Å². The molecule has 0 radical (unpaired) electrons. The van der Waals surface area contributed by atoms with Gasteiger partial charge in [-0.1, -0.05) is 13.8 Å². The Morgan fingerprint density at radius 1 is 0.895 bits per heavy atom. The molecular weight excluding hydrogens is 508 g/mol. The molecule has 2 rings (SSSR count). The Hall–Kier alpha value is -2.12. The summed E-state index contributed by atoms with van der Waals surface area (Å²) in [7, 11) is 0. The highest BCUT2D eigenvalue weighted by molar-refractivity contribution is 7.15. The highest BCUT2D eigenvalue weighted by atomic mass is 32.1. The van der Waals surface area contributed by atoms with Gasteiger partial charge in [-0.25, -0.2) is 4.98 Å². The molecule has 1 aromatic carbocycles. The van der Waals surface area contributed by atoms with Crippen molar-refractivity contribution < 1.29 is 28.5 Å². The van der Waals surface area contributed by atoms with E-state index in [-0.39, 0.29) is 5.91 Å². The van der Waals surface area contributed by atoms with E-state index in [2.05, 4.69) is 29.5 Å². The van der Waals surface area contributed by atoms with E-state index in [0.717, 1.165) is 21.8 Å². The Balaban J connectivity index is 1.50. The summed E-state index contributed by atoms with van der Waals surface area (Å²) in [6.07, 6.45) is 0. The van der Waals surface area contributed by atoms with Crippen LogP contribution in [-0.4, -0.2) is 90.0 Å². The van der Waals surface area contributed by atoms with Crippen LogP contribution in [0.1, 0.15) is 46.3 Å². The number of amides is 1. The van der Waals surface area contributed by atoms with Gasteiger partial charge in [0.2, 0.25) is 0 Å². The second-order valence-corrected chi connectivity index (χ2v) is 10.1. The first-order valence-electron chi connectivity index (χ1n) is 13.1. The number of nitrogens with two attached hydrogens (primary N) is 1. The number of ether oxygens (including phenoxy) is 5. The second-order valence-electron chi connectivity index (χ2n) is 8.88. The Bertz CT molecular complexity index is 940. The highest BCUT2D eigenvalue weighted by Gasteiger charge is 2.15. The first-order chi connectivity index (χ1) is 18.4. The van der Waals surface area contributed by atoms with Gasteiger partial charge in [-0.2, -0.15) is 0 Å². The molecule has 0 aliphatic heterocycles. The largest absolute Gasteiger partial charge is 0.383 e. The molecule has 2 aromatic rings. The number of rotatable bonds is 21. The Morgan fingerprint density at radius 3 is 1.95 bits per heavy atom. The molecular formula is C27H44N4O6S. The molecule has 38 heavy (non-hydrogen) atoms. The van der Waals surface area contributed by atoms with Crippen LogP contribution in [0.25, 0.3) is 0 Å². The standard InChI is InChI=1S/C27H44N4O6S/c1-20(2)25-22(4)38-27(30-25)31-26(32)24-6-5-23(19-21(24)3)29-8-10-34-12-14-36-16-18-37-17-15-35-13-11-33-9-7-28/h5-6,19-20,29H,7-18,28H2,1-4H3,(H,30,31,32). The van der Waals surface area contributed by atoms with Crippen molar-refractivity contribution >= 4 is 28.1 Å². The monoisotopic (exact) mass is 552 g/mol. The molecule has 1 amide bonds. The molecule has 214 valence electrons. The fourth-order valence-electron chi connectivity index (χ4n) is 3.52. The van der Waals surface area contributed by atoms with Crippen molar-refractivity contribution in [1.29, 1.82) is 0 Å². The average molecular weight is 553 g/mol. The van der Waals surface area contributed by atoms with Crippen molar-refractivity contribution in [2.24, 2.45) is 5.73 Å². The summed E-state index contributed by atoms with van der Waals surface area (Å²) in [6.45, 7) is 14.7. The molecule has 1 heterocycles. The number of benzene rings is 1. The molecule has 1 aromatic heterocycles. The van der Waals surface area contributed by atoms with Crippen molar-refractivity contribution in [3.63, 3.8) is 0 Å². The van der Waals surface area contributed by atoms with Crippen LogP contribution in [0.2, 0.25) is 0 Å². The Morgan fingerprint density at radius 2 is 1.45 bits per heavy atom. The number of aryl methyl sites for hydroxylation is 2. The van der Waals surface area contributed by atoms with Gasteiger partial charge in [-0.05, 0) is 43.5 Å². The molecule has 0 aliphatic rings. The predicted octanol–water partition coefficient (Wildman–Crippen LogP) is 3.59. The summed E-state index contributed by atoms with van der Waals surface area (Å²) in [5, 5.41) is 6.89. The fourth-order valence-corrected chi connectivity index (χ4v) is 4.49. The van der Waals surface area contributed by atoms with Gasteiger partial charge in [0.05, 0.1) is 71.8 Å². The van der Waals surface area contributed by atoms with Crippen LogP contribution in [-0.2, 0) is 23.7 Å². The van der Waals surface area contributed by atoms with Crippen molar-refractivity contribution in [2.75, 3.05) is 89.8 Å². The molecule has 4 N–H and O–H groups in total. The van der Waals surface area contributed by atoms with Gasteiger partial charge in [-0.3, -0.25) is 10.1 Å². The maximum absolute atomic E-state index is 12.7. The highest BCUT2D eigenvalue weighted by Crippen LogP contribution is 2.28. The third-order valence-corrected chi connectivity index (χ3v) is 6.30. The first-order valence-corrected chi connectivity index (χ1v) is 14.0. The lowest BCUT2D eigenvalue weighted by atomic mass is 10.1. The van der Waals surface area contributed by atoms with Crippen molar-refractivity contribution in [2.45, 2.75) is 33.6 Å². The Kier molecular flexibility index (Phi) is 16.1. The summed E-state index contributed by atoms with van der Waals surface area (Å²) >= 11 is 1.51. The van der Waals surface area contributed by atoms with E-state index in [4.69, 9.17) is 29.4 Å². The third-order valence-electron chi connectivity index (χ3n) is 5.40. The molecule has 0 unspecified atom stereocenters. The van der Waals surface area contributed by atoms with E-state index in [1.807, 2.05) is 32.0 Å². The number of nitrogens with one attached hydrogen (secondary N) is 2. The summed E-state index contributed by atoms with van der Waals surface area (Å²) < 4.78 is 27.1. The Labute approximate surface area is 230 Å². The average Bonchev–Trinajstić information content (AvgIpc) is 3.25. The van der Waals surface area contributed by atoms with Crippen molar-refractivity contribution in [1.82, 2.24) is 4.98 Å². The van der Waals surface area contributed by atoms with Gasteiger partial charge in [0, 0.05) is 29.2 Å². The van der Waals surface area contributed by atoms with Gasteiger partial charge >= 0.3 is 0 Å². The number of carbonyl (C=O) groups excluding carboxylic acids is 1. The number of nitrogens with zero attached hydrogens (tertiary/aromatic N) is 1. The maximum Gasteiger partial charge on any atom is 0.257 e. The lowest BCUT2D eigenvalue weighted by Crippen LogP contribution is -2.16. The zero-order valence-corrected chi connectivity index (χ0v) is 24.0. The number of carbonyl (C=O) groups is 1. The molecule has 0 saturated heterocycles. The first kappa shape index (κ1) is 32.1. The summed E-state index contributed by atoms with van der Waals surface area (Å²) in [5.41, 5.74) is 8.83.